The Morgan fingerprint density at radius 1 is 1.38 bits per heavy atom. The second-order valence-electron chi connectivity index (χ2n) is 3.50. The van der Waals surface area contributed by atoms with E-state index in [0.29, 0.717) is 17.2 Å². The summed E-state index contributed by atoms with van der Waals surface area (Å²) in [6.45, 7) is 3.54. The van der Waals surface area contributed by atoms with Gasteiger partial charge in [-0.2, -0.15) is 0 Å². The van der Waals surface area contributed by atoms with Crippen molar-refractivity contribution in [2.45, 2.75) is 13.8 Å². The number of benzene rings is 1. The maximum absolute atomic E-state index is 10.9. The van der Waals surface area contributed by atoms with E-state index in [1.54, 1.807) is 32.2 Å². The SMILES string of the molecule is Cc1cnc(-c2c(C)cccc2[N+](=O)[O-])o1. The van der Waals surface area contributed by atoms with E-state index in [4.69, 9.17) is 4.42 Å². The monoisotopic (exact) mass is 218 g/mol. The molecule has 0 aliphatic rings. The zero-order valence-electron chi connectivity index (χ0n) is 8.93. The molecule has 2 aromatic rings. The van der Waals surface area contributed by atoms with Gasteiger partial charge in [-0.25, -0.2) is 4.98 Å². The fraction of sp³-hybridized carbons (Fsp3) is 0.182. The van der Waals surface area contributed by atoms with Gasteiger partial charge in [0.05, 0.1) is 11.1 Å². The third-order valence-electron chi connectivity index (χ3n) is 2.28. The van der Waals surface area contributed by atoms with Crippen molar-refractivity contribution in [2.24, 2.45) is 0 Å². The molecule has 0 amide bonds. The summed E-state index contributed by atoms with van der Waals surface area (Å²) in [5.74, 6) is 0.926. The first-order valence-corrected chi connectivity index (χ1v) is 4.76. The van der Waals surface area contributed by atoms with Crippen molar-refractivity contribution in [3.05, 3.63) is 45.8 Å². The number of nitro benzene ring substituents is 1. The Morgan fingerprint density at radius 3 is 2.69 bits per heavy atom. The van der Waals surface area contributed by atoms with Gasteiger partial charge < -0.3 is 4.42 Å². The smallest absolute Gasteiger partial charge is 0.282 e. The van der Waals surface area contributed by atoms with Crippen LogP contribution in [0, 0.1) is 24.0 Å². The van der Waals surface area contributed by atoms with Crippen LogP contribution < -0.4 is 0 Å². The average molecular weight is 218 g/mol. The van der Waals surface area contributed by atoms with Crippen LogP contribution in [0.5, 0.6) is 0 Å². The Morgan fingerprint density at radius 2 is 2.12 bits per heavy atom. The van der Waals surface area contributed by atoms with Gasteiger partial charge in [0.1, 0.15) is 11.3 Å². The summed E-state index contributed by atoms with van der Waals surface area (Å²) in [6, 6.07) is 4.89. The molecule has 0 aliphatic carbocycles. The highest BCUT2D eigenvalue weighted by atomic mass is 16.6. The summed E-state index contributed by atoms with van der Waals surface area (Å²) in [6.07, 6.45) is 1.55. The highest BCUT2D eigenvalue weighted by Gasteiger charge is 2.20. The van der Waals surface area contributed by atoms with Crippen LogP contribution in [0.3, 0.4) is 0 Å². The molecule has 5 heteroatoms. The summed E-state index contributed by atoms with van der Waals surface area (Å²) >= 11 is 0. The maximum Gasteiger partial charge on any atom is 0.282 e. The first-order chi connectivity index (χ1) is 7.59. The van der Waals surface area contributed by atoms with Crippen LogP contribution >= 0.6 is 0 Å². The lowest BCUT2D eigenvalue weighted by Crippen LogP contribution is -1.94. The molecule has 0 atom stereocenters. The minimum atomic E-state index is -0.429. The van der Waals surface area contributed by atoms with E-state index >= 15 is 0 Å². The number of nitrogens with zero attached hydrogens (tertiary/aromatic N) is 2. The molecule has 1 heterocycles. The molecular formula is C11H10N2O3. The first-order valence-electron chi connectivity index (χ1n) is 4.76. The standard InChI is InChI=1S/C11H10N2O3/c1-7-4-3-5-9(13(14)15)10(7)11-12-6-8(2)16-11/h3-6H,1-2H3. The van der Waals surface area contributed by atoms with Crippen molar-refractivity contribution in [1.82, 2.24) is 4.98 Å². The van der Waals surface area contributed by atoms with E-state index in [-0.39, 0.29) is 5.69 Å². The number of hydrogen-bond acceptors (Lipinski definition) is 4. The molecule has 0 saturated carbocycles. The zero-order valence-corrected chi connectivity index (χ0v) is 8.93. The summed E-state index contributed by atoms with van der Waals surface area (Å²) in [4.78, 5) is 14.5. The number of aryl methyl sites for hydroxylation is 2. The Hall–Kier alpha value is -2.17. The van der Waals surface area contributed by atoms with Crippen molar-refractivity contribution in [3.63, 3.8) is 0 Å². The van der Waals surface area contributed by atoms with Gasteiger partial charge in [0.15, 0.2) is 0 Å². The quantitative estimate of drug-likeness (QED) is 0.574. The fourth-order valence-corrected chi connectivity index (χ4v) is 1.55. The van der Waals surface area contributed by atoms with Crippen LogP contribution in [0.25, 0.3) is 11.5 Å². The van der Waals surface area contributed by atoms with E-state index in [2.05, 4.69) is 4.98 Å². The normalized spacial score (nSPS) is 10.4. The molecule has 0 aliphatic heterocycles. The van der Waals surface area contributed by atoms with Crippen molar-refractivity contribution < 1.29 is 9.34 Å². The van der Waals surface area contributed by atoms with Gasteiger partial charge in [-0.1, -0.05) is 12.1 Å². The molecular weight excluding hydrogens is 208 g/mol. The van der Waals surface area contributed by atoms with Crippen molar-refractivity contribution in [2.75, 3.05) is 0 Å². The Balaban J connectivity index is 2.67. The third kappa shape index (κ3) is 1.67. The molecule has 0 spiro atoms. The lowest BCUT2D eigenvalue weighted by Gasteiger charge is -2.02. The molecule has 0 fully saturated rings. The Bertz CT molecular complexity index is 546. The highest BCUT2D eigenvalue weighted by Crippen LogP contribution is 2.32. The second kappa shape index (κ2) is 3.77. The first kappa shape index (κ1) is 10.4. The molecule has 1 aromatic carbocycles. The maximum atomic E-state index is 10.9. The number of rotatable bonds is 2. The third-order valence-corrected chi connectivity index (χ3v) is 2.28. The molecule has 2 rings (SSSR count). The summed E-state index contributed by atoms with van der Waals surface area (Å²) < 4.78 is 5.33. The minimum absolute atomic E-state index is 0.0156. The molecule has 82 valence electrons. The predicted octanol–water partition coefficient (Wildman–Crippen LogP) is 2.87. The summed E-state index contributed by atoms with van der Waals surface area (Å²) in [5, 5.41) is 10.9. The van der Waals surface area contributed by atoms with Gasteiger partial charge in [0, 0.05) is 6.07 Å². The largest absolute Gasteiger partial charge is 0.441 e. The van der Waals surface area contributed by atoms with Crippen LogP contribution in [-0.2, 0) is 0 Å². The van der Waals surface area contributed by atoms with E-state index in [9.17, 15) is 10.1 Å². The topological polar surface area (TPSA) is 69.2 Å². The minimum Gasteiger partial charge on any atom is -0.441 e. The van der Waals surface area contributed by atoms with Crippen molar-refractivity contribution >= 4 is 5.69 Å². The van der Waals surface area contributed by atoms with Crippen molar-refractivity contribution in [1.29, 1.82) is 0 Å². The second-order valence-corrected chi connectivity index (χ2v) is 3.50. The van der Waals surface area contributed by atoms with E-state index in [1.807, 2.05) is 0 Å². The molecule has 1 aromatic heterocycles. The lowest BCUT2D eigenvalue weighted by atomic mass is 10.1. The van der Waals surface area contributed by atoms with Crippen LogP contribution in [0.4, 0.5) is 5.69 Å². The number of hydrogen-bond donors (Lipinski definition) is 0. The molecule has 0 bridgehead atoms. The number of aromatic nitrogens is 1. The highest BCUT2D eigenvalue weighted by molar-refractivity contribution is 5.70. The molecule has 0 radical (unpaired) electrons. The Kier molecular flexibility index (Phi) is 2.44. The molecule has 0 N–H and O–H groups in total. The van der Waals surface area contributed by atoms with Crippen LogP contribution in [0.2, 0.25) is 0 Å². The lowest BCUT2D eigenvalue weighted by molar-refractivity contribution is -0.384. The fourth-order valence-electron chi connectivity index (χ4n) is 1.55. The van der Waals surface area contributed by atoms with Crippen LogP contribution in [0.1, 0.15) is 11.3 Å². The number of oxazole rings is 1. The number of nitro groups is 1. The van der Waals surface area contributed by atoms with Gasteiger partial charge in [-0.3, -0.25) is 10.1 Å². The molecule has 0 unspecified atom stereocenters. The van der Waals surface area contributed by atoms with Crippen LogP contribution in [-0.4, -0.2) is 9.91 Å². The summed E-state index contributed by atoms with van der Waals surface area (Å²) in [5.41, 5.74) is 1.23. The Labute approximate surface area is 91.9 Å². The van der Waals surface area contributed by atoms with Gasteiger partial charge in [0.25, 0.3) is 5.69 Å². The van der Waals surface area contributed by atoms with Gasteiger partial charge >= 0.3 is 0 Å². The molecule has 0 saturated heterocycles. The van der Waals surface area contributed by atoms with E-state index in [1.165, 1.54) is 6.07 Å². The molecule has 16 heavy (non-hydrogen) atoms. The molecule has 5 nitrogen and oxygen atoms in total. The van der Waals surface area contributed by atoms with E-state index < -0.39 is 4.92 Å². The zero-order chi connectivity index (χ0) is 11.7. The average Bonchev–Trinajstić information content (AvgIpc) is 2.64. The van der Waals surface area contributed by atoms with Gasteiger partial charge in [0.2, 0.25) is 5.89 Å². The van der Waals surface area contributed by atoms with Gasteiger partial charge in [-0.15, -0.1) is 0 Å². The summed E-state index contributed by atoms with van der Waals surface area (Å²) in [7, 11) is 0. The van der Waals surface area contributed by atoms with Crippen LogP contribution in [0.15, 0.2) is 28.8 Å². The van der Waals surface area contributed by atoms with Gasteiger partial charge in [-0.05, 0) is 19.4 Å². The van der Waals surface area contributed by atoms with Crippen molar-refractivity contribution in [3.8, 4) is 11.5 Å². The van der Waals surface area contributed by atoms with E-state index in [0.717, 1.165) is 5.56 Å². The predicted molar refractivity (Wildman–Crippen MR) is 58.1 cm³/mol.